The first-order valence-electron chi connectivity index (χ1n) is 9.81. The van der Waals surface area contributed by atoms with Gasteiger partial charge < -0.3 is 9.72 Å². The largest absolute Gasteiger partial charge is 0.481 e. The molecule has 0 atom stereocenters. The predicted molar refractivity (Wildman–Crippen MR) is 135 cm³/mol. The van der Waals surface area contributed by atoms with Crippen molar-refractivity contribution in [2.45, 2.75) is 20.9 Å². The van der Waals surface area contributed by atoms with Gasteiger partial charge in [-0.1, -0.05) is 6.07 Å². The monoisotopic (exact) mass is 540 g/mol. The topological polar surface area (TPSA) is 105 Å². The molecule has 2 N–H and O–H groups in total. The van der Waals surface area contributed by atoms with Crippen LogP contribution in [0.25, 0.3) is 21.3 Å². The molecule has 4 rings (SSSR count). The number of ether oxygens (including phenoxy) is 1. The Morgan fingerprint density at radius 3 is 2.44 bits per heavy atom. The van der Waals surface area contributed by atoms with E-state index in [0.717, 1.165) is 22.5 Å². The Balaban J connectivity index is 1.79. The van der Waals surface area contributed by atoms with Crippen molar-refractivity contribution in [1.29, 1.82) is 0 Å². The van der Waals surface area contributed by atoms with Gasteiger partial charge in [0.1, 0.15) is 10.0 Å². The van der Waals surface area contributed by atoms with Gasteiger partial charge in [-0.25, -0.2) is 21.2 Å². The van der Waals surface area contributed by atoms with Gasteiger partial charge in [-0.2, -0.15) is 0 Å². The zero-order valence-electron chi connectivity index (χ0n) is 18.6. The van der Waals surface area contributed by atoms with Crippen LogP contribution in [-0.2, 0) is 19.9 Å². The van der Waals surface area contributed by atoms with Crippen LogP contribution in [0.1, 0.15) is 5.56 Å². The fourth-order valence-corrected chi connectivity index (χ4v) is 7.88. The molecule has 0 fully saturated rings. The first-order valence-corrected chi connectivity index (χ1v) is 15.2. The lowest BCUT2D eigenvalue weighted by molar-refractivity contribution is 0.391. The average Bonchev–Trinajstić information content (AvgIpc) is 3.34. The molecule has 0 radical (unpaired) electrons. The highest BCUT2D eigenvalue weighted by atomic mass is 32.2. The van der Waals surface area contributed by atoms with Gasteiger partial charge in [-0.05, 0) is 66.1 Å². The second kappa shape index (κ2) is 8.91. The molecular formula is C22H21FN2O5S4. The predicted octanol–water partition coefficient (Wildman–Crippen LogP) is 5.28. The maximum atomic E-state index is 13.7. The normalized spacial score (nSPS) is 12.3. The highest BCUT2D eigenvalue weighted by molar-refractivity contribution is 7.98. The molecule has 0 saturated heterocycles. The number of fused-ring (bicyclic) bond motifs is 1. The first-order chi connectivity index (χ1) is 15.9. The van der Waals surface area contributed by atoms with Crippen LogP contribution in [0, 0.1) is 12.7 Å². The van der Waals surface area contributed by atoms with Crippen molar-refractivity contribution in [3.05, 3.63) is 53.8 Å². The van der Waals surface area contributed by atoms with E-state index in [1.165, 1.54) is 49.2 Å². The number of rotatable bonds is 7. The van der Waals surface area contributed by atoms with Crippen LogP contribution in [0.15, 0.2) is 56.5 Å². The highest BCUT2D eigenvalue weighted by Crippen LogP contribution is 2.38. The van der Waals surface area contributed by atoms with Gasteiger partial charge in [0.2, 0.25) is 5.88 Å². The Hall–Kier alpha value is -2.54. The Bertz CT molecular complexity index is 1600. The zero-order valence-corrected chi connectivity index (χ0v) is 21.9. The smallest absolute Gasteiger partial charge is 0.271 e. The van der Waals surface area contributed by atoms with E-state index in [9.17, 15) is 21.2 Å². The Kier molecular flexibility index (Phi) is 6.44. The second-order valence-electron chi connectivity index (χ2n) is 7.53. The van der Waals surface area contributed by atoms with Crippen LogP contribution >= 0.6 is 23.1 Å². The number of anilines is 1. The summed E-state index contributed by atoms with van der Waals surface area (Å²) in [5.74, 6) is 0.0793. The SMILES string of the molecule is COc1[nH]c(-c2ccc(NS(=O)(=O)c3sc4ccc(F)cc4c3C)c(S(C)(=O)=O)c2)cc1SC. The van der Waals surface area contributed by atoms with Crippen molar-refractivity contribution >= 4 is 58.7 Å². The van der Waals surface area contributed by atoms with Crippen LogP contribution < -0.4 is 9.46 Å². The van der Waals surface area contributed by atoms with Gasteiger partial charge in [-0.3, -0.25) is 4.72 Å². The van der Waals surface area contributed by atoms with Crippen molar-refractivity contribution in [3.63, 3.8) is 0 Å². The summed E-state index contributed by atoms with van der Waals surface area (Å²) in [7, 11) is -6.41. The molecule has 180 valence electrons. The van der Waals surface area contributed by atoms with E-state index in [2.05, 4.69) is 9.71 Å². The van der Waals surface area contributed by atoms with Crippen molar-refractivity contribution in [3.8, 4) is 17.1 Å². The van der Waals surface area contributed by atoms with E-state index in [1.807, 2.05) is 12.3 Å². The Labute approximate surface area is 205 Å². The summed E-state index contributed by atoms with van der Waals surface area (Å²) in [6, 6.07) is 10.3. The van der Waals surface area contributed by atoms with E-state index >= 15 is 0 Å². The number of hydrogen-bond acceptors (Lipinski definition) is 7. The fraction of sp³-hybridized carbons (Fsp3) is 0.182. The standard InChI is InChI=1S/C22H21FN2O5S4/c1-12-15-10-14(23)6-8-18(15)32-22(12)34(28,29)25-16-7-5-13(9-20(16)33(4,26)27)17-11-19(31-3)21(24-17)30-2/h5-11,24-25H,1-4H3. The number of sulfone groups is 1. The maximum absolute atomic E-state index is 13.7. The van der Waals surface area contributed by atoms with E-state index in [0.29, 0.717) is 32.8 Å². The quantitative estimate of drug-likeness (QED) is 0.309. The summed E-state index contributed by atoms with van der Waals surface area (Å²) >= 11 is 2.46. The third kappa shape index (κ3) is 4.54. The molecule has 34 heavy (non-hydrogen) atoms. The minimum absolute atomic E-state index is 0.00431. The molecular weight excluding hydrogens is 520 g/mol. The number of nitrogens with one attached hydrogen (secondary N) is 2. The summed E-state index contributed by atoms with van der Waals surface area (Å²) in [5.41, 5.74) is 1.50. The molecule has 4 aromatic rings. The number of benzene rings is 2. The van der Waals surface area contributed by atoms with Gasteiger partial charge in [0.25, 0.3) is 10.0 Å². The van der Waals surface area contributed by atoms with Crippen LogP contribution in [0.4, 0.5) is 10.1 Å². The van der Waals surface area contributed by atoms with E-state index in [4.69, 9.17) is 4.74 Å². The van der Waals surface area contributed by atoms with Gasteiger partial charge in [-0.15, -0.1) is 23.1 Å². The number of H-pyrrole nitrogens is 1. The molecule has 2 aromatic heterocycles. The summed E-state index contributed by atoms with van der Waals surface area (Å²) in [5, 5.41) is 0.495. The van der Waals surface area contributed by atoms with Crippen LogP contribution in [0.5, 0.6) is 5.88 Å². The number of sulfonamides is 1. The molecule has 0 unspecified atom stereocenters. The van der Waals surface area contributed by atoms with Crippen molar-refractivity contribution in [1.82, 2.24) is 4.98 Å². The molecule has 2 aromatic carbocycles. The van der Waals surface area contributed by atoms with Crippen molar-refractivity contribution in [2.75, 3.05) is 24.3 Å². The number of aryl methyl sites for hydroxylation is 1. The van der Waals surface area contributed by atoms with Crippen LogP contribution in [-0.4, -0.2) is 41.4 Å². The number of halogens is 1. The molecule has 0 amide bonds. The number of aromatic nitrogens is 1. The molecule has 0 saturated carbocycles. The lowest BCUT2D eigenvalue weighted by Crippen LogP contribution is -2.15. The molecule has 0 aliphatic rings. The molecule has 0 spiro atoms. The summed E-state index contributed by atoms with van der Waals surface area (Å²) in [4.78, 5) is 3.77. The molecule has 0 bridgehead atoms. The molecule has 7 nitrogen and oxygen atoms in total. The van der Waals surface area contributed by atoms with Crippen LogP contribution in [0.2, 0.25) is 0 Å². The number of thiophene rings is 1. The van der Waals surface area contributed by atoms with Gasteiger partial charge in [0.05, 0.1) is 22.6 Å². The Morgan fingerprint density at radius 2 is 1.82 bits per heavy atom. The van der Waals surface area contributed by atoms with Gasteiger partial charge in [0.15, 0.2) is 9.84 Å². The summed E-state index contributed by atoms with van der Waals surface area (Å²) in [6.07, 6.45) is 2.90. The van der Waals surface area contributed by atoms with Crippen molar-refractivity contribution in [2.24, 2.45) is 0 Å². The molecule has 0 aliphatic carbocycles. The number of thioether (sulfide) groups is 1. The van der Waals surface area contributed by atoms with Crippen LogP contribution in [0.3, 0.4) is 0 Å². The Morgan fingerprint density at radius 1 is 1.09 bits per heavy atom. The maximum Gasteiger partial charge on any atom is 0.271 e. The lowest BCUT2D eigenvalue weighted by Gasteiger charge is -2.13. The molecule has 2 heterocycles. The third-order valence-electron chi connectivity index (χ3n) is 5.21. The zero-order chi connectivity index (χ0) is 24.8. The van der Waals surface area contributed by atoms with E-state index < -0.39 is 25.7 Å². The third-order valence-corrected chi connectivity index (χ3v) is 10.3. The summed E-state index contributed by atoms with van der Waals surface area (Å²) < 4.78 is 73.6. The van der Waals surface area contributed by atoms with Gasteiger partial charge in [0, 0.05) is 16.6 Å². The summed E-state index contributed by atoms with van der Waals surface area (Å²) in [6.45, 7) is 1.59. The fourth-order valence-electron chi connectivity index (χ4n) is 3.57. The number of aromatic amines is 1. The average molecular weight is 541 g/mol. The minimum Gasteiger partial charge on any atom is -0.481 e. The first kappa shape index (κ1) is 24.6. The molecule has 0 aliphatic heterocycles. The van der Waals surface area contributed by atoms with E-state index in [-0.39, 0.29) is 14.8 Å². The number of hydrogen-bond donors (Lipinski definition) is 2. The highest BCUT2D eigenvalue weighted by Gasteiger charge is 2.25. The van der Waals surface area contributed by atoms with E-state index in [1.54, 1.807) is 13.0 Å². The minimum atomic E-state index is -4.14. The number of methoxy groups -OCH3 is 1. The van der Waals surface area contributed by atoms with Gasteiger partial charge >= 0.3 is 0 Å². The lowest BCUT2D eigenvalue weighted by atomic mass is 10.1. The van der Waals surface area contributed by atoms with Crippen molar-refractivity contribution < 1.29 is 26.0 Å². The molecule has 12 heteroatoms. The second-order valence-corrected chi connectivity index (χ2v) is 13.3.